The molecule has 7 aromatic carbocycles. The van der Waals surface area contributed by atoms with Gasteiger partial charge in [-0.1, -0.05) is 121 Å². The van der Waals surface area contributed by atoms with Gasteiger partial charge >= 0.3 is 0 Å². The zero-order valence-corrected chi connectivity index (χ0v) is 24.4. The Morgan fingerprint density at radius 2 is 1.07 bits per heavy atom. The van der Waals surface area contributed by atoms with Crippen LogP contribution in [-0.4, -0.2) is 9.55 Å². The number of aromatic nitrogens is 2. The average molecular weight is 567 g/mol. The van der Waals surface area contributed by atoms with E-state index >= 15 is 0 Å². The molecule has 0 N–H and O–H groups in total. The van der Waals surface area contributed by atoms with Crippen LogP contribution in [-0.2, 0) is 0 Å². The second kappa shape index (κ2) is 9.45. The number of aryl methyl sites for hydroxylation is 1. The van der Waals surface area contributed by atoms with Gasteiger partial charge in [0.05, 0.1) is 16.7 Å². The first-order valence-electron chi connectivity index (χ1n) is 14.6. The maximum absolute atomic E-state index is 4.86. The van der Waals surface area contributed by atoms with Crippen molar-refractivity contribution in [2.24, 2.45) is 0 Å². The largest absolute Gasteiger partial charge is 0.294 e. The van der Waals surface area contributed by atoms with Crippen LogP contribution < -0.4 is 0 Å². The van der Waals surface area contributed by atoms with Crippen LogP contribution in [0.15, 0.2) is 149 Å². The number of imidazole rings is 1. The fourth-order valence-electron chi connectivity index (χ4n) is 6.88. The van der Waals surface area contributed by atoms with Crippen LogP contribution in [0.1, 0.15) is 5.82 Å². The van der Waals surface area contributed by atoms with Gasteiger partial charge in [-0.2, -0.15) is 0 Å². The van der Waals surface area contributed by atoms with Crippen molar-refractivity contribution in [2.45, 2.75) is 16.7 Å². The predicted octanol–water partition coefficient (Wildman–Crippen LogP) is 11.1. The molecule has 0 fully saturated rings. The molecule has 202 valence electrons. The van der Waals surface area contributed by atoms with Crippen molar-refractivity contribution >= 4 is 44.3 Å². The molecule has 3 heteroatoms. The van der Waals surface area contributed by atoms with Crippen LogP contribution in [0.4, 0.5) is 0 Å². The molecular weight excluding hydrogens is 541 g/mol. The molecule has 2 nitrogen and oxygen atoms in total. The quantitative estimate of drug-likeness (QED) is 0.198. The van der Waals surface area contributed by atoms with Gasteiger partial charge in [0.1, 0.15) is 5.82 Å². The van der Waals surface area contributed by atoms with E-state index in [0.717, 1.165) is 11.3 Å². The summed E-state index contributed by atoms with van der Waals surface area (Å²) in [5.74, 6) is 1.02. The van der Waals surface area contributed by atoms with Crippen molar-refractivity contribution in [1.82, 2.24) is 9.55 Å². The molecule has 43 heavy (non-hydrogen) atoms. The van der Waals surface area contributed by atoms with Gasteiger partial charge in [-0.05, 0) is 92.2 Å². The van der Waals surface area contributed by atoms with Crippen molar-refractivity contribution in [1.29, 1.82) is 0 Å². The third-order valence-electron chi connectivity index (χ3n) is 8.71. The molecule has 0 aliphatic carbocycles. The molecule has 0 radical (unpaired) electrons. The Balaban J connectivity index is 1.29. The number of hydrogen-bond acceptors (Lipinski definition) is 2. The van der Waals surface area contributed by atoms with E-state index < -0.39 is 0 Å². The molecule has 0 spiro atoms. The van der Waals surface area contributed by atoms with E-state index in [-0.39, 0.29) is 0 Å². The first-order valence-corrected chi connectivity index (χ1v) is 15.5. The first-order chi connectivity index (χ1) is 21.2. The fraction of sp³-hybridized carbons (Fsp3) is 0.0250. The molecule has 9 rings (SSSR count). The minimum absolute atomic E-state index is 1.02. The number of nitrogens with zero attached hydrogens (tertiary/aromatic N) is 2. The Morgan fingerprint density at radius 1 is 0.488 bits per heavy atom. The third-order valence-corrected chi connectivity index (χ3v) is 9.80. The van der Waals surface area contributed by atoms with E-state index in [1.54, 1.807) is 0 Å². The van der Waals surface area contributed by atoms with Crippen molar-refractivity contribution in [3.63, 3.8) is 0 Å². The molecule has 0 bridgehead atoms. The Morgan fingerprint density at radius 3 is 1.77 bits per heavy atom. The molecule has 0 amide bonds. The highest BCUT2D eigenvalue weighted by Crippen LogP contribution is 2.48. The number of fused-ring (bicyclic) bond motifs is 4. The Hall–Kier alpha value is -5.12. The third kappa shape index (κ3) is 3.72. The number of benzene rings is 7. The van der Waals surface area contributed by atoms with Crippen LogP contribution in [0.5, 0.6) is 0 Å². The van der Waals surface area contributed by atoms with Crippen molar-refractivity contribution in [3.8, 4) is 39.1 Å². The molecule has 0 saturated heterocycles. The van der Waals surface area contributed by atoms with E-state index in [0.29, 0.717) is 0 Å². The summed E-state index contributed by atoms with van der Waals surface area (Å²) in [5.41, 5.74) is 11.0. The number of rotatable bonds is 3. The number of para-hydroxylation sites is 1. The average Bonchev–Trinajstić information content (AvgIpc) is 3.41. The smallest absolute Gasteiger partial charge is 0.111 e. The van der Waals surface area contributed by atoms with Crippen LogP contribution in [0.2, 0.25) is 0 Å². The summed E-state index contributed by atoms with van der Waals surface area (Å²) in [5, 5.41) is 5.07. The Labute approximate surface area is 254 Å². The maximum Gasteiger partial charge on any atom is 0.111 e. The van der Waals surface area contributed by atoms with Gasteiger partial charge in [-0.25, -0.2) is 4.98 Å². The van der Waals surface area contributed by atoms with Crippen molar-refractivity contribution in [3.05, 3.63) is 145 Å². The lowest BCUT2D eigenvalue weighted by Gasteiger charge is -2.22. The van der Waals surface area contributed by atoms with Crippen LogP contribution in [0, 0.1) is 6.92 Å². The number of hydrogen-bond donors (Lipinski definition) is 0. The van der Waals surface area contributed by atoms with Crippen molar-refractivity contribution in [2.75, 3.05) is 0 Å². The van der Waals surface area contributed by atoms with Gasteiger partial charge in [0.15, 0.2) is 0 Å². The molecule has 1 aromatic heterocycles. The normalized spacial score (nSPS) is 12.2. The van der Waals surface area contributed by atoms with E-state index in [1.165, 1.54) is 75.9 Å². The maximum atomic E-state index is 4.86. The van der Waals surface area contributed by atoms with E-state index in [1.807, 2.05) is 11.8 Å². The second-order valence-electron chi connectivity index (χ2n) is 11.2. The van der Waals surface area contributed by atoms with Gasteiger partial charge in [0, 0.05) is 9.79 Å². The lowest BCUT2D eigenvalue weighted by atomic mass is 9.85. The lowest BCUT2D eigenvalue weighted by Crippen LogP contribution is -2.03. The van der Waals surface area contributed by atoms with Gasteiger partial charge in [-0.3, -0.25) is 4.57 Å². The highest BCUT2D eigenvalue weighted by atomic mass is 32.2. The molecule has 1 aliphatic heterocycles. The SMILES string of the molecule is Cc1nc2cccc3c2n1-c1ccc(-c2c4ccccc4c(-c4cccc(-c5ccccc5)c4)c4ccccc24)cc1S3. The standard InChI is InChI=1S/C40H26N2S/c1-25-41-34-19-10-20-36-40(34)42(25)35-22-21-29(24-37(35)43-36)39-32-17-7-5-15-30(32)38(31-16-6-8-18-33(31)39)28-14-9-13-27(23-28)26-11-3-2-4-12-26/h2-24H,1H3. The predicted molar refractivity (Wildman–Crippen MR) is 181 cm³/mol. The summed E-state index contributed by atoms with van der Waals surface area (Å²) in [6, 6.07) is 50.8. The van der Waals surface area contributed by atoms with Crippen LogP contribution >= 0.6 is 11.8 Å². The molecule has 0 atom stereocenters. The summed E-state index contributed by atoms with van der Waals surface area (Å²) in [6.07, 6.45) is 0. The summed E-state index contributed by atoms with van der Waals surface area (Å²) < 4.78 is 2.32. The zero-order chi connectivity index (χ0) is 28.5. The van der Waals surface area contributed by atoms with Gasteiger partial charge < -0.3 is 0 Å². The minimum Gasteiger partial charge on any atom is -0.294 e. The molecule has 1 aliphatic rings. The molecular formula is C40H26N2S. The zero-order valence-electron chi connectivity index (χ0n) is 23.6. The van der Waals surface area contributed by atoms with Crippen molar-refractivity contribution < 1.29 is 0 Å². The van der Waals surface area contributed by atoms with E-state index in [2.05, 4.69) is 151 Å². The topological polar surface area (TPSA) is 17.8 Å². The molecule has 0 unspecified atom stereocenters. The summed E-state index contributed by atoms with van der Waals surface area (Å²) in [6.45, 7) is 2.10. The summed E-state index contributed by atoms with van der Waals surface area (Å²) >= 11 is 1.85. The summed E-state index contributed by atoms with van der Waals surface area (Å²) in [7, 11) is 0. The lowest BCUT2D eigenvalue weighted by molar-refractivity contribution is 0.963. The van der Waals surface area contributed by atoms with Gasteiger partial charge in [-0.15, -0.1) is 0 Å². The Bertz CT molecular complexity index is 2330. The summed E-state index contributed by atoms with van der Waals surface area (Å²) in [4.78, 5) is 7.37. The molecule has 2 heterocycles. The Kier molecular flexibility index (Phi) is 5.38. The molecule has 0 saturated carbocycles. The van der Waals surface area contributed by atoms with Crippen LogP contribution in [0.25, 0.3) is 71.6 Å². The monoisotopic (exact) mass is 566 g/mol. The minimum atomic E-state index is 1.02. The van der Waals surface area contributed by atoms with E-state index in [9.17, 15) is 0 Å². The van der Waals surface area contributed by atoms with Gasteiger partial charge in [0.25, 0.3) is 0 Å². The first kappa shape index (κ1) is 24.5. The fourth-order valence-corrected chi connectivity index (χ4v) is 8.00. The highest BCUT2D eigenvalue weighted by molar-refractivity contribution is 7.99. The highest BCUT2D eigenvalue weighted by Gasteiger charge is 2.23. The van der Waals surface area contributed by atoms with Gasteiger partial charge in [0.2, 0.25) is 0 Å². The second-order valence-corrected chi connectivity index (χ2v) is 12.3. The van der Waals surface area contributed by atoms with E-state index in [4.69, 9.17) is 4.98 Å². The van der Waals surface area contributed by atoms with Crippen LogP contribution in [0.3, 0.4) is 0 Å². The molecule has 8 aromatic rings.